The van der Waals surface area contributed by atoms with Gasteiger partial charge < -0.3 is 20.3 Å². The number of aromatic nitrogens is 2. The first kappa shape index (κ1) is 24.6. The second kappa shape index (κ2) is 9.23. The Kier molecular flexibility index (Phi) is 5.82. The second-order valence-electron chi connectivity index (χ2n) is 9.21. The van der Waals surface area contributed by atoms with Crippen molar-refractivity contribution in [3.05, 3.63) is 96.6 Å². The lowest BCUT2D eigenvalue weighted by molar-refractivity contribution is -0.539. The molecule has 0 saturated heterocycles. The average molecular weight is 537 g/mol. The number of anilines is 3. The van der Waals surface area contributed by atoms with Crippen LogP contribution >= 0.6 is 0 Å². The van der Waals surface area contributed by atoms with Crippen LogP contribution in [0, 0.1) is 6.92 Å². The number of rotatable bonds is 5. The van der Waals surface area contributed by atoms with Crippen LogP contribution in [0.1, 0.15) is 5.56 Å². The Morgan fingerprint density at radius 2 is 1.62 bits per heavy atom. The van der Waals surface area contributed by atoms with Gasteiger partial charge in [-0.2, -0.15) is 0 Å². The van der Waals surface area contributed by atoms with E-state index in [4.69, 9.17) is 15.5 Å². The van der Waals surface area contributed by atoms with Crippen molar-refractivity contribution < 1.29 is 22.3 Å². The fourth-order valence-electron chi connectivity index (χ4n) is 5.15. The van der Waals surface area contributed by atoms with E-state index in [1.165, 1.54) is 13.2 Å². The molecule has 6 aromatic rings. The Hall–Kier alpha value is -4.73. The van der Waals surface area contributed by atoms with Gasteiger partial charge in [-0.05, 0) is 24.6 Å². The smallest absolute Gasteiger partial charge is 0.261 e. The van der Waals surface area contributed by atoms with Crippen LogP contribution in [0.4, 0.5) is 17.1 Å². The van der Waals surface area contributed by atoms with Gasteiger partial charge in [-0.1, -0.05) is 54.6 Å². The zero-order chi connectivity index (χ0) is 27.3. The molecule has 0 fully saturated rings. The average Bonchev–Trinajstić information content (AvgIpc) is 2.92. The number of fused-ring (bicyclic) bond motifs is 4. The molecule has 5 aromatic carbocycles. The highest BCUT2D eigenvalue weighted by atomic mass is 32.2. The zero-order valence-electron chi connectivity index (χ0n) is 21.2. The topological polar surface area (TPSA) is 121 Å². The minimum Gasteiger partial charge on any atom is -0.744 e. The number of nitrogens with zero attached hydrogens (tertiary/aromatic N) is 2. The molecule has 0 bridgehead atoms. The van der Waals surface area contributed by atoms with Crippen LogP contribution in [-0.2, 0) is 10.1 Å². The van der Waals surface area contributed by atoms with Gasteiger partial charge in [0, 0.05) is 40.7 Å². The lowest BCUT2D eigenvalue weighted by Gasteiger charge is -2.17. The Balaban J connectivity index is 1.90. The molecule has 9 heteroatoms. The first-order valence-electron chi connectivity index (χ1n) is 12.2. The van der Waals surface area contributed by atoms with E-state index in [1.54, 1.807) is 4.57 Å². The van der Waals surface area contributed by atoms with Gasteiger partial charge in [0.1, 0.15) is 15.6 Å². The monoisotopic (exact) mass is 536 g/mol. The van der Waals surface area contributed by atoms with Gasteiger partial charge in [0.25, 0.3) is 5.52 Å². The largest absolute Gasteiger partial charge is 0.744 e. The number of para-hydroxylation sites is 2. The minimum absolute atomic E-state index is 0.0539. The van der Waals surface area contributed by atoms with Crippen LogP contribution in [0.5, 0.6) is 5.75 Å². The van der Waals surface area contributed by atoms with E-state index in [2.05, 4.69) is 5.32 Å². The third-order valence-electron chi connectivity index (χ3n) is 6.77. The summed E-state index contributed by atoms with van der Waals surface area (Å²) >= 11 is 0. The number of ether oxygens (including phenoxy) is 1. The second-order valence-corrected chi connectivity index (χ2v) is 10.5. The first-order chi connectivity index (χ1) is 18.8. The van der Waals surface area contributed by atoms with Crippen LogP contribution in [0.15, 0.2) is 95.9 Å². The van der Waals surface area contributed by atoms with E-state index >= 15 is 0 Å². The van der Waals surface area contributed by atoms with Crippen LogP contribution in [0.3, 0.4) is 0 Å². The number of hydrogen-bond donors (Lipinski definition) is 2. The van der Waals surface area contributed by atoms with Crippen LogP contribution in [-0.4, -0.2) is 25.1 Å². The summed E-state index contributed by atoms with van der Waals surface area (Å²) in [6, 6.07) is 28.2. The van der Waals surface area contributed by atoms with Gasteiger partial charge >= 0.3 is 0 Å². The Bertz CT molecular complexity index is 2010. The van der Waals surface area contributed by atoms with Crippen molar-refractivity contribution in [3.63, 3.8) is 0 Å². The number of nitrogens with two attached hydrogens (primary N) is 1. The van der Waals surface area contributed by atoms with E-state index in [1.807, 2.05) is 91.9 Å². The number of benzene rings is 5. The third-order valence-corrected chi connectivity index (χ3v) is 7.70. The van der Waals surface area contributed by atoms with Crippen molar-refractivity contribution in [2.75, 3.05) is 18.2 Å². The molecule has 1 heterocycles. The Morgan fingerprint density at radius 3 is 2.28 bits per heavy atom. The van der Waals surface area contributed by atoms with Gasteiger partial charge in [-0.15, -0.1) is 4.57 Å². The quantitative estimate of drug-likeness (QED) is 0.0999. The lowest BCUT2D eigenvalue weighted by Crippen LogP contribution is -2.35. The molecule has 0 amide bonds. The lowest BCUT2D eigenvalue weighted by atomic mass is 10.0. The molecule has 0 aliphatic heterocycles. The molecule has 0 saturated carbocycles. The molecule has 0 unspecified atom stereocenters. The van der Waals surface area contributed by atoms with E-state index in [0.717, 1.165) is 27.7 Å². The van der Waals surface area contributed by atoms with Crippen LogP contribution < -0.4 is 20.4 Å². The summed E-state index contributed by atoms with van der Waals surface area (Å²) in [6.45, 7) is 2.03. The Morgan fingerprint density at radius 1 is 0.923 bits per heavy atom. The molecule has 194 valence electrons. The predicted octanol–water partition coefficient (Wildman–Crippen LogP) is 5.36. The zero-order valence-corrected chi connectivity index (χ0v) is 22.0. The Labute approximate surface area is 225 Å². The number of nitrogen functional groups attached to an aromatic ring is 1. The summed E-state index contributed by atoms with van der Waals surface area (Å²) in [7, 11) is -3.55. The molecule has 1 aromatic heterocycles. The van der Waals surface area contributed by atoms with Crippen molar-refractivity contribution >= 4 is 60.0 Å². The molecule has 0 atom stereocenters. The molecule has 39 heavy (non-hydrogen) atoms. The molecule has 0 aliphatic carbocycles. The van der Waals surface area contributed by atoms with E-state index in [0.29, 0.717) is 16.7 Å². The maximum absolute atomic E-state index is 12.6. The van der Waals surface area contributed by atoms with Gasteiger partial charge in [-0.25, -0.2) is 13.4 Å². The molecule has 6 rings (SSSR count). The maximum atomic E-state index is 12.6. The van der Waals surface area contributed by atoms with Gasteiger partial charge in [0.05, 0.1) is 18.5 Å². The number of aryl methyl sites for hydroxylation is 1. The number of methoxy groups -OCH3 is 1. The highest BCUT2D eigenvalue weighted by Crippen LogP contribution is 2.39. The van der Waals surface area contributed by atoms with E-state index in [9.17, 15) is 13.0 Å². The standard InChI is InChI=1S/C30H24N4O4S/c1-18-10-9-15-21-26(18)23(32-19-11-5-3-6-12-19)17-24-27(21)33-28-25(38-2)16-22(31)30(39(35,36)37)29(28)34(24)20-13-7-4-8-14-20/h3-17H,1-2H3,(H3,31,32,35,36,37). The summed E-state index contributed by atoms with van der Waals surface area (Å²) in [5.41, 5.74) is 10.8. The van der Waals surface area contributed by atoms with Crippen molar-refractivity contribution in [3.8, 4) is 11.4 Å². The number of hydrogen-bond acceptors (Lipinski definition) is 7. The summed E-state index contributed by atoms with van der Waals surface area (Å²) < 4.78 is 45.2. The first-order valence-corrected chi connectivity index (χ1v) is 13.6. The van der Waals surface area contributed by atoms with Crippen LogP contribution in [0.25, 0.3) is 38.5 Å². The van der Waals surface area contributed by atoms with Crippen molar-refractivity contribution in [2.24, 2.45) is 0 Å². The third kappa shape index (κ3) is 4.08. The maximum Gasteiger partial charge on any atom is 0.261 e. The van der Waals surface area contributed by atoms with Gasteiger partial charge in [0.15, 0.2) is 16.2 Å². The van der Waals surface area contributed by atoms with E-state index < -0.39 is 15.0 Å². The van der Waals surface area contributed by atoms with Gasteiger partial charge in [-0.3, -0.25) is 0 Å². The fourth-order valence-corrected chi connectivity index (χ4v) is 5.92. The molecule has 3 N–H and O–H groups in total. The summed E-state index contributed by atoms with van der Waals surface area (Å²) in [5.74, 6) is 0.258. The van der Waals surface area contributed by atoms with Crippen molar-refractivity contribution in [1.82, 2.24) is 4.98 Å². The molecule has 0 spiro atoms. The normalized spacial score (nSPS) is 11.8. The molecule has 0 aliphatic rings. The summed E-state index contributed by atoms with van der Waals surface area (Å²) in [4.78, 5) is 4.39. The minimum atomic E-state index is -5.00. The van der Waals surface area contributed by atoms with Crippen LogP contribution in [0.2, 0.25) is 0 Å². The fraction of sp³-hybridized carbons (Fsp3) is 0.0667. The summed E-state index contributed by atoms with van der Waals surface area (Å²) in [6.07, 6.45) is 0. The van der Waals surface area contributed by atoms with Gasteiger partial charge in [0.2, 0.25) is 11.2 Å². The van der Waals surface area contributed by atoms with Crippen molar-refractivity contribution in [1.29, 1.82) is 0 Å². The van der Waals surface area contributed by atoms with Crippen molar-refractivity contribution in [2.45, 2.75) is 11.8 Å². The molecular formula is C30H24N4O4S. The SMILES string of the molecule is COc1cc(N)c(S(=O)(=O)[O-])c2c1nc1c3cccc(C)c3c(Nc3ccccc3)cc1[n+]2-c1ccccc1. The highest BCUT2D eigenvalue weighted by molar-refractivity contribution is 7.86. The predicted molar refractivity (Wildman–Crippen MR) is 152 cm³/mol. The highest BCUT2D eigenvalue weighted by Gasteiger charge is 2.31. The molecule has 8 nitrogen and oxygen atoms in total. The summed E-state index contributed by atoms with van der Waals surface area (Å²) in [5, 5.41) is 5.33. The molecular weight excluding hydrogens is 512 g/mol. The number of nitrogens with one attached hydrogen (secondary N) is 1. The molecule has 0 radical (unpaired) electrons. The van der Waals surface area contributed by atoms with E-state index in [-0.39, 0.29) is 22.5 Å².